The van der Waals surface area contributed by atoms with Gasteiger partial charge in [0.1, 0.15) is 4.33 Å². The summed E-state index contributed by atoms with van der Waals surface area (Å²) in [6, 6.07) is 0.0670. The minimum atomic E-state index is -0.932. The van der Waals surface area contributed by atoms with Gasteiger partial charge in [0, 0.05) is 12.6 Å². The first kappa shape index (κ1) is 14.6. The zero-order chi connectivity index (χ0) is 13.2. The van der Waals surface area contributed by atoms with Gasteiger partial charge in [0.25, 0.3) is 0 Å². The highest BCUT2D eigenvalue weighted by atomic mass is 35.5. The molecule has 1 rings (SSSR count). The molecule has 0 aliphatic heterocycles. The van der Waals surface area contributed by atoms with Crippen molar-refractivity contribution in [3.05, 3.63) is 0 Å². The number of hydrogen-bond donors (Lipinski definition) is 1. The lowest BCUT2D eigenvalue weighted by molar-refractivity contribution is -0.137. The standard InChI is InChI=1S/C11H18Cl2N2O2/c1-4-15(6-9(16)14-7(2)3)10(17)8-5-11(8,12)13/h7-8H,4-6H2,1-3H3,(H,14,16)/t8-/m1/s1. The molecule has 0 aromatic rings. The van der Waals surface area contributed by atoms with Crippen LogP contribution < -0.4 is 5.32 Å². The molecule has 0 spiro atoms. The van der Waals surface area contributed by atoms with Gasteiger partial charge in [0.15, 0.2) is 0 Å². The highest BCUT2D eigenvalue weighted by molar-refractivity contribution is 6.52. The Morgan fingerprint density at radius 2 is 2.00 bits per heavy atom. The van der Waals surface area contributed by atoms with Gasteiger partial charge in [-0.25, -0.2) is 0 Å². The first-order valence-corrected chi connectivity index (χ1v) is 6.49. The first-order chi connectivity index (χ1) is 7.77. The zero-order valence-electron chi connectivity index (χ0n) is 10.3. The van der Waals surface area contributed by atoms with Crippen LogP contribution in [0.2, 0.25) is 0 Å². The van der Waals surface area contributed by atoms with Crippen molar-refractivity contribution in [2.75, 3.05) is 13.1 Å². The summed E-state index contributed by atoms with van der Waals surface area (Å²) in [6.45, 7) is 6.12. The number of carbonyl (C=O) groups is 2. The van der Waals surface area contributed by atoms with Gasteiger partial charge < -0.3 is 10.2 Å². The molecule has 0 saturated heterocycles. The van der Waals surface area contributed by atoms with E-state index in [2.05, 4.69) is 5.32 Å². The van der Waals surface area contributed by atoms with Crippen LogP contribution in [0.3, 0.4) is 0 Å². The quantitative estimate of drug-likeness (QED) is 0.777. The molecule has 1 fully saturated rings. The summed E-state index contributed by atoms with van der Waals surface area (Å²) < 4.78 is -0.932. The fourth-order valence-electron chi connectivity index (χ4n) is 1.59. The van der Waals surface area contributed by atoms with E-state index in [1.807, 2.05) is 20.8 Å². The van der Waals surface area contributed by atoms with E-state index in [4.69, 9.17) is 23.2 Å². The second-order valence-electron chi connectivity index (χ2n) is 4.59. The van der Waals surface area contributed by atoms with Crippen LogP contribution in [0, 0.1) is 5.92 Å². The average molecular weight is 281 g/mol. The van der Waals surface area contributed by atoms with E-state index in [0.717, 1.165) is 0 Å². The molecule has 1 N–H and O–H groups in total. The van der Waals surface area contributed by atoms with Gasteiger partial charge in [-0.2, -0.15) is 0 Å². The first-order valence-electron chi connectivity index (χ1n) is 5.74. The number of amides is 2. The van der Waals surface area contributed by atoms with E-state index in [9.17, 15) is 9.59 Å². The predicted octanol–water partition coefficient (Wildman–Crippen LogP) is 1.55. The van der Waals surface area contributed by atoms with E-state index in [1.165, 1.54) is 4.90 Å². The van der Waals surface area contributed by atoms with Crippen molar-refractivity contribution < 1.29 is 9.59 Å². The fourth-order valence-corrected chi connectivity index (χ4v) is 2.08. The summed E-state index contributed by atoms with van der Waals surface area (Å²) in [7, 11) is 0. The highest BCUT2D eigenvalue weighted by Crippen LogP contribution is 2.53. The lowest BCUT2D eigenvalue weighted by Crippen LogP contribution is -2.43. The summed E-state index contributed by atoms with van der Waals surface area (Å²) in [5.41, 5.74) is 0. The van der Waals surface area contributed by atoms with Crippen LogP contribution in [0.1, 0.15) is 27.2 Å². The summed E-state index contributed by atoms with van der Waals surface area (Å²) >= 11 is 11.7. The Kier molecular flexibility index (Phi) is 4.67. The van der Waals surface area contributed by atoms with Crippen molar-refractivity contribution in [3.8, 4) is 0 Å². The molecule has 1 aliphatic carbocycles. The Labute approximate surface area is 112 Å². The largest absolute Gasteiger partial charge is 0.352 e. The Morgan fingerprint density at radius 3 is 2.35 bits per heavy atom. The van der Waals surface area contributed by atoms with Gasteiger partial charge in [0.05, 0.1) is 12.5 Å². The van der Waals surface area contributed by atoms with E-state index in [1.54, 1.807) is 0 Å². The van der Waals surface area contributed by atoms with Gasteiger partial charge in [-0.3, -0.25) is 9.59 Å². The SMILES string of the molecule is CCN(CC(=O)NC(C)C)C(=O)[C@H]1CC1(Cl)Cl. The smallest absolute Gasteiger partial charge is 0.239 e. The molecule has 0 unspecified atom stereocenters. The summed E-state index contributed by atoms with van der Waals surface area (Å²) in [5, 5.41) is 2.74. The second kappa shape index (κ2) is 5.44. The maximum Gasteiger partial charge on any atom is 0.239 e. The molecule has 0 radical (unpaired) electrons. The number of nitrogens with one attached hydrogen (secondary N) is 1. The molecule has 1 atom stereocenters. The summed E-state index contributed by atoms with van der Waals surface area (Å²) in [4.78, 5) is 25.0. The van der Waals surface area contributed by atoms with Crippen LogP contribution in [-0.4, -0.2) is 40.2 Å². The van der Waals surface area contributed by atoms with E-state index in [-0.39, 0.29) is 30.3 Å². The normalized spacial score (nSPS) is 21.2. The molecule has 98 valence electrons. The number of halogens is 2. The lowest BCUT2D eigenvalue weighted by Gasteiger charge is -2.21. The lowest BCUT2D eigenvalue weighted by atomic mass is 10.3. The van der Waals surface area contributed by atoms with E-state index >= 15 is 0 Å². The Morgan fingerprint density at radius 1 is 1.47 bits per heavy atom. The van der Waals surface area contributed by atoms with Crippen LogP contribution in [0.4, 0.5) is 0 Å². The Hall–Kier alpha value is -0.480. The molecule has 0 heterocycles. The number of carbonyl (C=O) groups excluding carboxylic acids is 2. The number of rotatable bonds is 5. The van der Waals surface area contributed by atoms with Gasteiger partial charge in [0.2, 0.25) is 11.8 Å². The number of hydrogen-bond acceptors (Lipinski definition) is 2. The minimum Gasteiger partial charge on any atom is -0.352 e. The number of nitrogens with zero attached hydrogens (tertiary/aromatic N) is 1. The molecule has 17 heavy (non-hydrogen) atoms. The van der Waals surface area contributed by atoms with Crippen molar-refractivity contribution in [1.29, 1.82) is 0 Å². The van der Waals surface area contributed by atoms with Crippen molar-refractivity contribution in [2.45, 2.75) is 37.6 Å². The van der Waals surface area contributed by atoms with Crippen LogP contribution in [0.25, 0.3) is 0 Å². The maximum absolute atomic E-state index is 12.0. The Balaban J connectivity index is 2.49. The van der Waals surface area contributed by atoms with Crippen molar-refractivity contribution in [3.63, 3.8) is 0 Å². The van der Waals surface area contributed by atoms with Gasteiger partial charge in [-0.15, -0.1) is 23.2 Å². The van der Waals surface area contributed by atoms with Crippen molar-refractivity contribution in [1.82, 2.24) is 10.2 Å². The third kappa shape index (κ3) is 4.03. The Bertz CT molecular complexity index is 319. The highest BCUT2D eigenvalue weighted by Gasteiger charge is 2.57. The topological polar surface area (TPSA) is 49.4 Å². The van der Waals surface area contributed by atoms with E-state index < -0.39 is 4.33 Å². The molecular weight excluding hydrogens is 263 g/mol. The third-order valence-electron chi connectivity index (χ3n) is 2.60. The molecule has 4 nitrogen and oxygen atoms in total. The van der Waals surface area contributed by atoms with Crippen LogP contribution in [0.5, 0.6) is 0 Å². The third-order valence-corrected chi connectivity index (χ3v) is 3.44. The van der Waals surface area contributed by atoms with Gasteiger partial charge in [-0.1, -0.05) is 0 Å². The van der Waals surface area contributed by atoms with Gasteiger partial charge in [-0.05, 0) is 27.2 Å². The van der Waals surface area contributed by atoms with Crippen LogP contribution in [0.15, 0.2) is 0 Å². The second-order valence-corrected chi connectivity index (χ2v) is 6.13. The monoisotopic (exact) mass is 280 g/mol. The van der Waals surface area contributed by atoms with Crippen molar-refractivity contribution in [2.24, 2.45) is 5.92 Å². The molecule has 2 amide bonds. The molecule has 1 saturated carbocycles. The predicted molar refractivity (Wildman–Crippen MR) is 68.1 cm³/mol. The van der Waals surface area contributed by atoms with E-state index in [0.29, 0.717) is 13.0 Å². The van der Waals surface area contributed by atoms with Crippen LogP contribution in [-0.2, 0) is 9.59 Å². The van der Waals surface area contributed by atoms with Crippen LogP contribution >= 0.6 is 23.2 Å². The molecule has 0 bridgehead atoms. The average Bonchev–Trinajstić information content (AvgIpc) is 2.82. The fraction of sp³-hybridized carbons (Fsp3) is 0.818. The number of alkyl halides is 2. The zero-order valence-corrected chi connectivity index (χ0v) is 11.8. The molecular formula is C11H18Cl2N2O2. The molecule has 6 heteroatoms. The number of likely N-dealkylation sites (N-methyl/N-ethyl adjacent to an activating group) is 1. The maximum atomic E-state index is 12.0. The summed E-state index contributed by atoms with van der Waals surface area (Å²) in [6.07, 6.45) is 0.469. The molecule has 0 aromatic carbocycles. The molecule has 0 aromatic heterocycles. The van der Waals surface area contributed by atoms with Crippen molar-refractivity contribution >= 4 is 35.0 Å². The van der Waals surface area contributed by atoms with Gasteiger partial charge >= 0.3 is 0 Å². The minimum absolute atomic E-state index is 0.0634. The molecule has 1 aliphatic rings. The summed E-state index contributed by atoms with van der Waals surface area (Å²) in [5.74, 6) is -0.667.